The summed E-state index contributed by atoms with van der Waals surface area (Å²) >= 11 is 0. The lowest BCUT2D eigenvalue weighted by Gasteiger charge is -2.38. The Bertz CT molecular complexity index is 823. The molecule has 2 aliphatic rings. The Kier molecular flexibility index (Phi) is 4.86. The molecular weight excluding hydrogens is 332 g/mol. The summed E-state index contributed by atoms with van der Waals surface area (Å²) in [5.41, 5.74) is 5.13. The summed E-state index contributed by atoms with van der Waals surface area (Å²) in [7, 11) is 4.17. The second-order valence-corrected chi connectivity index (χ2v) is 8.39. The summed E-state index contributed by atoms with van der Waals surface area (Å²) in [6, 6.07) is 15.7. The van der Waals surface area contributed by atoms with Crippen molar-refractivity contribution in [1.82, 2.24) is 0 Å². The third-order valence-electron chi connectivity index (χ3n) is 5.70. The van der Waals surface area contributed by atoms with E-state index in [-0.39, 0.29) is 0 Å². The van der Waals surface area contributed by atoms with Gasteiger partial charge in [0, 0.05) is 25.7 Å². The molecule has 0 spiro atoms. The predicted molar refractivity (Wildman–Crippen MR) is 114 cm³/mol. The molecule has 3 unspecified atom stereocenters. The maximum Gasteiger partial charge on any atom is 0.142 e. The monoisotopic (exact) mass is 362 g/mol. The van der Waals surface area contributed by atoms with Crippen LogP contribution in [0.15, 0.2) is 54.6 Å². The molecule has 2 aromatic carbocycles. The normalized spacial score (nSPS) is 22.9. The molecule has 3 nitrogen and oxygen atoms in total. The number of allylic oxidation sites excluding steroid dienone is 2. The van der Waals surface area contributed by atoms with Gasteiger partial charge in [-0.25, -0.2) is 0 Å². The van der Waals surface area contributed by atoms with Crippen LogP contribution >= 0.6 is 0 Å². The maximum atomic E-state index is 6.16. The highest BCUT2D eigenvalue weighted by Crippen LogP contribution is 2.52. The standard InChI is InChI=1S/C24H30N2O/c1-16(2)15-27-22-10-6-9-21-19-7-5-8-20(19)23(25-24(21)22)17-11-13-18(14-12-17)26(3)4/h5-7,9-14,16,19-20,23,25H,8,15H2,1-4H3. The van der Waals surface area contributed by atoms with Crippen molar-refractivity contribution in [1.29, 1.82) is 0 Å². The van der Waals surface area contributed by atoms with Crippen molar-refractivity contribution >= 4 is 11.4 Å². The molecule has 3 heteroatoms. The van der Waals surface area contributed by atoms with Crippen molar-refractivity contribution in [2.75, 3.05) is 30.9 Å². The molecule has 0 saturated carbocycles. The number of rotatable bonds is 5. The molecule has 0 amide bonds. The van der Waals surface area contributed by atoms with Crippen LogP contribution in [-0.2, 0) is 0 Å². The van der Waals surface area contributed by atoms with Gasteiger partial charge in [0.1, 0.15) is 5.75 Å². The van der Waals surface area contributed by atoms with Gasteiger partial charge in [-0.3, -0.25) is 0 Å². The summed E-state index contributed by atoms with van der Waals surface area (Å²) in [4.78, 5) is 2.14. The summed E-state index contributed by atoms with van der Waals surface area (Å²) in [6.07, 6.45) is 5.85. The van der Waals surface area contributed by atoms with Gasteiger partial charge >= 0.3 is 0 Å². The molecule has 1 aliphatic heterocycles. The lowest BCUT2D eigenvalue weighted by molar-refractivity contribution is 0.270. The second-order valence-electron chi connectivity index (χ2n) is 8.39. The van der Waals surface area contributed by atoms with Crippen LogP contribution in [0.3, 0.4) is 0 Å². The van der Waals surface area contributed by atoms with Gasteiger partial charge in [-0.1, -0.05) is 50.3 Å². The van der Waals surface area contributed by atoms with Gasteiger partial charge in [0.2, 0.25) is 0 Å². The Balaban J connectivity index is 1.69. The van der Waals surface area contributed by atoms with E-state index in [0.717, 1.165) is 18.8 Å². The van der Waals surface area contributed by atoms with Gasteiger partial charge in [0.05, 0.1) is 18.3 Å². The Morgan fingerprint density at radius 2 is 1.89 bits per heavy atom. The molecule has 4 rings (SSSR count). The third-order valence-corrected chi connectivity index (χ3v) is 5.70. The van der Waals surface area contributed by atoms with Gasteiger partial charge in [0.25, 0.3) is 0 Å². The van der Waals surface area contributed by atoms with E-state index in [9.17, 15) is 0 Å². The molecule has 1 aliphatic carbocycles. The molecule has 3 atom stereocenters. The maximum absolute atomic E-state index is 6.16. The lowest BCUT2D eigenvalue weighted by atomic mass is 9.77. The molecule has 0 bridgehead atoms. The number of anilines is 2. The number of nitrogens with zero attached hydrogens (tertiary/aromatic N) is 1. The van der Waals surface area contributed by atoms with Crippen molar-refractivity contribution in [3.05, 3.63) is 65.7 Å². The average molecular weight is 363 g/mol. The zero-order valence-corrected chi connectivity index (χ0v) is 16.8. The first-order valence-corrected chi connectivity index (χ1v) is 10.0. The van der Waals surface area contributed by atoms with Gasteiger partial charge in [-0.2, -0.15) is 0 Å². The third kappa shape index (κ3) is 3.43. The summed E-state index contributed by atoms with van der Waals surface area (Å²) in [6.45, 7) is 5.12. The fourth-order valence-corrected chi connectivity index (χ4v) is 4.28. The number of benzene rings is 2. The molecule has 0 saturated heterocycles. The zero-order valence-electron chi connectivity index (χ0n) is 16.8. The molecule has 2 aromatic rings. The second kappa shape index (κ2) is 7.30. The summed E-state index contributed by atoms with van der Waals surface area (Å²) in [5.74, 6) is 2.51. The number of fused-ring (bicyclic) bond motifs is 3. The van der Waals surface area contributed by atoms with E-state index < -0.39 is 0 Å². The summed E-state index contributed by atoms with van der Waals surface area (Å²) in [5, 5.41) is 3.85. The van der Waals surface area contributed by atoms with Crippen molar-refractivity contribution in [2.24, 2.45) is 11.8 Å². The molecule has 0 aromatic heterocycles. The van der Waals surface area contributed by atoms with Gasteiger partial charge in [0.15, 0.2) is 0 Å². The van der Waals surface area contributed by atoms with Crippen molar-refractivity contribution in [3.8, 4) is 5.75 Å². The van der Waals surface area contributed by atoms with E-state index in [1.807, 2.05) is 0 Å². The van der Waals surface area contributed by atoms with E-state index in [1.54, 1.807) is 0 Å². The quantitative estimate of drug-likeness (QED) is 0.699. The minimum Gasteiger partial charge on any atom is -0.491 e. The Morgan fingerprint density at radius 3 is 2.59 bits per heavy atom. The number of hydrogen-bond donors (Lipinski definition) is 1. The molecule has 1 heterocycles. The van der Waals surface area contributed by atoms with Crippen molar-refractivity contribution in [3.63, 3.8) is 0 Å². The smallest absolute Gasteiger partial charge is 0.142 e. The molecule has 0 radical (unpaired) electrons. The molecule has 0 fully saturated rings. The minimum absolute atomic E-state index is 0.303. The largest absolute Gasteiger partial charge is 0.491 e. The number of nitrogens with one attached hydrogen (secondary N) is 1. The number of ether oxygens (including phenoxy) is 1. The first kappa shape index (κ1) is 18.0. The lowest BCUT2D eigenvalue weighted by Crippen LogP contribution is -2.29. The molecule has 1 N–H and O–H groups in total. The van der Waals surface area contributed by atoms with Crippen LogP contribution in [0.1, 0.15) is 43.4 Å². The van der Waals surface area contributed by atoms with E-state index in [4.69, 9.17) is 4.74 Å². The Morgan fingerprint density at radius 1 is 1.11 bits per heavy atom. The highest BCUT2D eigenvalue weighted by molar-refractivity contribution is 5.68. The Hall–Kier alpha value is -2.42. The topological polar surface area (TPSA) is 24.5 Å². The van der Waals surface area contributed by atoms with Crippen molar-refractivity contribution < 1.29 is 4.74 Å². The van der Waals surface area contributed by atoms with Crippen LogP contribution in [0.2, 0.25) is 0 Å². The van der Waals surface area contributed by atoms with Gasteiger partial charge in [-0.05, 0) is 47.6 Å². The van der Waals surface area contributed by atoms with Crippen molar-refractivity contribution in [2.45, 2.75) is 32.2 Å². The van der Waals surface area contributed by atoms with Gasteiger partial charge in [-0.15, -0.1) is 0 Å². The highest BCUT2D eigenvalue weighted by Gasteiger charge is 2.38. The van der Waals surface area contributed by atoms with E-state index >= 15 is 0 Å². The van der Waals surface area contributed by atoms with Crippen LogP contribution in [0, 0.1) is 11.8 Å². The number of para-hydroxylation sites is 1. The summed E-state index contributed by atoms with van der Waals surface area (Å²) < 4.78 is 6.16. The molecular formula is C24H30N2O. The first-order valence-electron chi connectivity index (χ1n) is 10.0. The first-order chi connectivity index (χ1) is 13.0. The molecule has 27 heavy (non-hydrogen) atoms. The minimum atomic E-state index is 0.303. The van der Waals surface area contributed by atoms with Crippen LogP contribution < -0.4 is 15.0 Å². The molecule has 142 valence electrons. The fraction of sp³-hybridized carbons (Fsp3) is 0.417. The fourth-order valence-electron chi connectivity index (χ4n) is 4.28. The van der Waals surface area contributed by atoms with Crippen LogP contribution in [-0.4, -0.2) is 20.7 Å². The Labute approximate surface area is 163 Å². The highest BCUT2D eigenvalue weighted by atomic mass is 16.5. The number of hydrogen-bond acceptors (Lipinski definition) is 3. The SMILES string of the molecule is CC(C)COc1cccc2c1NC(c1ccc(N(C)C)cc1)C1CC=CC21. The van der Waals surface area contributed by atoms with E-state index in [0.29, 0.717) is 23.8 Å². The predicted octanol–water partition coefficient (Wildman–Crippen LogP) is 5.61. The van der Waals surface area contributed by atoms with E-state index in [1.165, 1.54) is 22.5 Å². The van der Waals surface area contributed by atoms with Crippen LogP contribution in [0.5, 0.6) is 5.75 Å². The average Bonchev–Trinajstić information content (AvgIpc) is 3.15. The van der Waals surface area contributed by atoms with Crippen LogP contribution in [0.25, 0.3) is 0 Å². The van der Waals surface area contributed by atoms with Gasteiger partial charge < -0.3 is 15.0 Å². The van der Waals surface area contributed by atoms with E-state index in [2.05, 4.69) is 92.8 Å². The zero-order chi connectivity index (χ0) is 19.0. The van der Waals surface area contributed by atoms with Crippen LogP contribution in [0.4, 0.5) is 11.4 Å².